The van der Waals surface area contributed by atoms with Gasteiger partial charge < -0.3 is 4.90 Å². The summed E-state index contributed by atoms with van der Waals surface area (Å²) in [6.07, 6.45) is 1.19. The summed E-state index contributed by atoms with van der Waals surface area (Å²) in [6.45, 7) is 8.54. The number of amidine groups is 1. The second-order valence-electron chi connectivity index (χ2n) is 5.83. The van der Waals surface area contributed by atoms with Crippen LogP contribution < -0.4 is 0 Å². The van der Waals surface area contributed by atoms with Crippen molar-refractivity contribution in [2.24, 2.45) is 10.9 Å². The van der Waals surface area contributed by atoms with E-state index in [0.29, 0.717) is 12.0 Å². The first-order chi connectivity index (χ1) is 9.97. The Balaban J connectivity index is 2.29. The fourth-order valence-electron chi connectivity index (χ4n) is 2.59. The quantitative estimate of drug-likeness (QED) is 0.837. The third-order valence-electron chi connectivity index (χ3n) is 4.36. The van der Waals surface area contributed by atoms with E-state index in [1.54, 1.807) is 0 Å². The van der Waals surface area contributed by atoms with Gasteiger partial charge in [0, 0.05) is 18.8 Å². The van der Waals surface area contributed by atoms with Crippen molar-refractivity contribution in [1.29, 1.82) is 5.26 Å². The standard InChI is InChI=1S/C17H23N3S/c1-6-11(2)16-10-21-17(20(16)5)19-15-8-12(3)14(9-18)7-13(15)4/h7-8,11,16H,6,10H2,1-5H3/t11?,16-/m1/s1. The Kier molecular flexibility index (Phi) is 4.95. The molecule has 112 valence electrons. The van der Waals surface area contributed by atoms with Gasteiger partial charge in [-0.05, 0) is 43.0 Å². The minimum absolute atomic E-state index is 0.568. The average molecular weight is 301 g/mol. The van der Waals surface area contributed by atoms with Gasteiger partial charge >= 0.3 is 0 Å². The summed E-state index contributed by atoms with van der Waals surface area (Å²) in [4.78, 5) is 7.15. The lowest BCUT2D eigenvalue weighted by atomic mass is 10.0. The van der Waals surface area contributed by atoms with Crippen molar-refractivity contribution in [2.75, 3.05) is 12.8 Å². The zero-order chi connectivity index (χ0) is 15.6. The highest BCUT2D eigenvalue weighted by Gasteiger charge is 2.30. The molecule has 1 aromatic rings. The van der Waals surface area contributed by atoms with E-state index in [1.807, 2.05) is 37.7 Å². The summed E-state index contributed by atoms with van der Waals surface area (Å²) in [7, 11) is 2.14. The molecule has 1 fully saturated rings. The molecule has 0 bridgehead atoms. The Bertz CT molecular complexity index is 601. The second kappa shape index (κ2) is 6.53. The van der Waals surface area contributed by atoms with Crippen LogP contribution in [0.25, 0.3) is 0 Å². The zero-order valence-corrected chi connectivity index (χ0v) is 14.3. The van der Waals surface area contributed by atoms with Crippen molar-refractivity contribution < 1.29 is 0 Å². The molecule has 0 aliphatic carbocycles. The summed E-state index contributed by atoms with van der Waals surface area (Å²) in [5.74, 6) is 1.79. The topological polar surface area (TPSA) is 39.4 Å². The van der Waals surface area contributed by atoms with E-state index in [1.165, 1.54) is 6.42 Å². The fourth-order valence-corrected chi connectivity index (χ4v) is 3.96. The number of benzene rings is 1. The Morgan fingerprint density at radius 2 is 2.14 bits per heavy atom. The molecule has 1 saturated heterocycles. The molecule has 0 spiro atoms. The third-order valence-corrected chi connectivity index (χ3v) is 5.51. The molecule has 4 heteroatoms. The summed E-state index contributed by atoms with van der Waals surface area (Å²) in [5.41, 5.74) is 3.77. The van der Waals surface area contributed by atoms with Crippen LogP contribution in [-0.2, 0) is 0 Å². The highest BCUT2D eigenvalue weighted by molar-refractivity contribution is 8.14. The molecule has 1 aliphatic rings. The average Bonchev–Trinajstić information content (AvgIpc) is 2.83. The van der Waals surface area contributed by atoms with E-state index in [9.17, 15) is 0 Å². The summed E-state index contributed by atoms with van der Waals surface area (Å²) in [5, 5.41) is 10.2. The van der Waals surface area contributed by atoms with Crippen LogP contribution in [0.4, 0.5) is 5.69 Å². The first-order valence-corrected chi connectivity index (χ1v) is 8.42. The number of hydrogen-bond donors (Lipinski definition) is 0. The highest BCUT2D eigenvalue weighted by atomic mass is 32.2. The second-order valence-corrected chi connectivity index (χ2v) is 6.82. The number of aryl methyl sites for hydroxylation is 2. The molecule has 21 heavy (non-hydrogen) atoms. The van der Waals surface area contributed by atoms with Crippen molar-refractivity contribution in [3.05, 3.63) is 28.8 Å². The summed E-state index contributed by atoms with van der Waals surface area (Å²) >= 11 is 1.83. The smallest absolute Gasteiger partial charge is 0.164 e. The van der Waals surface area contributed by atoms with Gasteiger partial charge in [-0.3, -0.25) is 0 Å². The number of nitriles is 1. The van der Waals surface area contributed by atoms with Gasteiger partial charge in [0.05, 0.1) is 17.3 Å². The van der Waals surface area contributed by atoms with Crippen molar-refractivity contribution in [2.45, 2.75) is 40.2 Å². The van der Waals surface area contributed by atoms with Crippen LogP contribution in [0.5, 0.6) is 0 Å². The summed E-state index contributed by atoms with van der Waals surface area (Å²) in [6, 6.07) is 6.75. The molecule has 1 aliphatic heterocycles. The van der Waals surface area contributed by atoms with E-state index in [4.69, 9.17) is 10.3 Å². The molecule has 1 heterocycles. The van der Waals surface area contributed by atoms with Gasteiger partial charge in [0.2, 0.25) is 0 Å². The van der Waals surface area contributed by atoms with E-state index in [-0.39, 0.29) is 0 Å². The van der Waals surface area contributed by atoms with Gasteiger partial charge in [-0.2, -0.15) is 5.26 Å². The number of thioether (sulfide) groups is 1. The molecule has 3 nitrogen and oxygen atoms in total. The number of nitrogens with zero attached hydrogens (tertiary/aromatic N) is 3. The lowest BCUT2D eigenvalue weighted by Gasteiger charge is -2.25. The first-order valence-electron chi connectivity index (χ1n) is 7.43. The van der Waals surface area contributed by atoms with Gasteiger partial charge in [-0.15, -0.1) is 0 Å². The largest absolute Gasteiger partial charge is 0.350 e. The molecule has 0 saturated carbocycles. The van der Waals surface area contributed by atoms with Gasteiger partial charge in [-0.1, -0.05) is 32.0 Å². The molecule has 0 aromatic heterocycles. The van der Waals surface area contributed by atoms with Crippen LogP contribution >= 0.6 is 11.8 Å². The van der Waals surface area contributed by atoms with Gasteiger partial charge in [0.1, 0.15) is 0 Å². The van der Waals surface area contributed by atoms with E-state index in [0.717, 1.165) is 33.3 Å². The normalized spacial score (nSPS) is 21.6. The minimum atomic E-state index is 0.568. The van der Waals surface area contributed by atoms with Gasteiger partial charge in [-0.25, -0.2) is 4.99 Å². The van der Waals surface area contributed by atoms with Gasteiger partial charge in [0.15, 0.2) is 5.17 Å². The molecular formula is C17H23N3S. The SMILES string of the molecule is CCC(C)[C@H]1CSC(=Nc2cc(C)c(C#N)cc2C)N1C. The van der Waals surface area contributed by atoms with Crippen LogP contribution in [0.1, 0.15) is 37.0 Å². The number of aliphatic imine (C=N–C) groups is 1. The van der Waals surface area contributed by atoms with E-state index in [2.05, 4.69) is 31.9 Å². The molecule has 1 aromatic carbocycles. The van der Waals surface area contributed by atoms with Crippen LogP contribution in [0.3, 0.4) is 0 Å². The predicted octanol–water partition coefficient (Wildman–Crippen LogP) is 4.26. The minimum Gasteiger partial charge on any atom is -0.350 e. The van der Waals surface area contributed by atoms with Crippen LogP contribution in [0.2, 0.25) is 0 Å². The molecule has 0 amide bonds. The number of rotatable bonds is 3. The Morgan fingerprint density at radius 1 is 1.43 bits per heavy atom. The maximum atomic E-state index is 9.08. The highest BCUT2D eigenvalue weighted by Crippen LogP contribution is 2.32. The lowest BCUT2D eigenvalue weighted by molar-refractivity contribution is 0.304. The van der Waals surface area contributed by atoms with Crippen molar-refractivity contribution in [1.82, 2.24) is 4.90 Å². The predicted molar refractivity (Wildman–Crippen MR) is 91.2 cm³/mol. The Labute approximate surface area is 132 Å². The van der Waals surface area contributed by atoms with Crippen molar-refractivity contribution in [3.8, 4) is 6.07 Å². The lowest BCUT2D eigenvalue weighted by Crippen LogP contribution is -2.34. The molecule has 1 unspecified atom stereocenters. The van der Waals surface area contributed by atoms with E-state index >= 15 is 0 Å². The van der Waals surface area contributed by atoms with Crippen LogP contribution in [-0.4, -0.2) is 28.9 Å². The molecule has 0 radical (unpaired) electrons. The maximum absolute atomic E-state index is 9.08. The maximum Gasteiger partial charge on any atom is 0.164 e. The molecule has 2 atom stereocenters. The Hall–Kier alpha value is -1.47. The van der Waals surface area contributed by atoms with Crippen LogP contribution in [0, 0.1) is 31.1 Å². The van der Waals surface area contributed by atoms with Crippen molar-refractivity contribution >= 4 is 22.6 Å². The monoisotopic (exact) mass is 301 g/mol. The number of hydrogen-bond acceptors (Lipinski definition) is 3. The third kappa shape index (κ3) is 3.24. The zero-order valence-electron chi connectivity index (χ0n) is 13.5. The first kappa shape index (κ1) is 15.9. The Morgan fingerprint density at radius 3 is 2.76 bits per heavy atom. The molecular weight excluding hydrogens is 278 g/mol. The van der Waals surface area contributed by atoms with Gasteiger partial charge in [0.25, 0.3) is 0 Å². The van der Waals surface area contributed by atoms with E-state index < -0.39 is 0 Å². The summed E-state index contributed by atoms with van der Waals surface area (Å²) < 4.78 is 0. The fraction of sp³-hybridized carbons (Fsp3) is 0.529. The van der Waals surface area contributed by atoms with Crippen LogP contribution in [0.15, 0.2) is 17.1 Å². The molecule has 0 N–H and O–H groups in total. The molecule has 2 rings (SSSR count). The van der Waals surface area contributed by atoms with Crippen molar-refractivity contribution in [3.63, 3.8) is 0 Å².